The largest absolute Gasteiger partial charge is 0.492 e. The number of fused-ring (bicyclic) bond motifs is 1. The molecular formula is C12H16BrNO. The molecule has 3 heteroatoms. The molecule has 0 aliphatic carbocycles. The van der Waals surface area contributed by atoms with Crippen LogP contribution in [0, 0.1) is 0 Å². The van der Waals surface area contributed by atoms with Gasteiger partial charge in [0.1, 0.15) is 5.75 Å². The maximum absolute atomic E-state index is 5.77. The van der Waals surface area contributed by atoms with E-state index in [1.165, 1.54) is 5.56 Å². The zero-order chi connectivity index (χ0) is 10.7. The summed E-state index contributed by atoms with van der Waals surface area (Å²) < 4.78 is 6.83. The Morgan fingerprint density at radius 1 is 1.53 bits per heavy atom. The standard InChI is InChI=1S/C12H16BrNO/c1-2-14-11-7-4-8-15-12-9(11)5-3-6-10(12)13/h3,5-6,11,14H,2,4,7-8H2,1H3. The van der Waals surface area contributed by atoms with Crippen molar-refractivity contribution < 1.29 is 4.74 Å². The molecule has 1 unspecified atom stereocenters. The van der Waals surface area contributed by atoms with Gasteiger partial charge in [0.25, 0.3) is 0 Å². The first-order valence-electron chi connectivity index (χ1n) is 5.47. The van der Waals surface area contributed by atoms with E-state index in [1.807, 2.05) is 6.07 Å². The van der Waals surface area contributed by atoms with E-state index in [0.29, 0.717) is 6.04 Å². The molecule has 1 aromatic rings. The van der Waals surface area contributed by atoms with Gasteiger partial charge in [-0.05, 0) is 41.4 Å². The fourth-order valence-corrected chi connectivity index (χ4v) is 2.52. The molecule has 15 heavy (non-hydrogen) atoms. The number of halogens is 1. The van der Waals surface area contributed by atoms with Crippen LogP contribution in [0.25, 0.3) is 0 Å². The topological polar surface area (TPSA) is 21.3 Å². The van der Waals surface area contributed by atoms with Crippen molar-refractivity contribution in [2.24, 2.45) is 0 Å². The predicted molar refractivity (Wildman–Crippen MR) is 65.3 cm³/mol. The molecule has 0 radical (unpaired) electrons. The maximum atomic E-state index is 5.77. The maximum Gasteiger partial charge on any atom is 0.138 e. The summed E-state index contributed by atoms with van der Waals surface area (Å²) in [6.07, 6.45) is 2.26. The Labute approximate surface area is 99.1 Å². The third-order valence-corrected chi connectivity index (χ3v) is 3.33. The van der Waals surface area contributed by atoms with Crippen LogP contribution < -0.4 is 10.1 Å². The number of hydrogen-bond donors (Lipinski definition) is 1. The lowest BCUT2D eigenvalue weighted by molar-refractivity contribution is 0.313. The highest BCUT2D eigenvalue weighted by atomic mass is 79.9. The summed E-state index contributed by atoms with van der Waals surface area (Å²) in [6.45, 7) is 3.96. The molecule has 1 aromatic carbocycles. The molecule has 1 aliphatic rings. The molecule has 1 atom stereocenters. The van der Waals surface area contributed by atoms with E-state index in [-0.39, 0.29) is 0 Å². The SMILES string of the molecule is CCNC1CCCOc2c(Br)cccc21. The molecule has 0 amide bonds. The minimum Gasteiger partial charge on any atom is -0.492 e. The second-order valence-electron chi connectivity index (χ2n) is 3.76. The highest BCUT2D eigenvalue weighted by Gasteiger charge is 2.20. The second kappa shape index (κ2) is 4.99. The van der Waals surface area contributed by atoms with Gasteiger partial charge in [0, 0.05) is 11.6 Å². The van der Waals surface area contributed by atoms with Crippen LogP contribution in [0.3, 0.4) is 0 Å². The van der Waals surface area contributed by atoms with E-state index in [0.717, 1.165) is 36.2 Å². The molecule has 82 valence electrons. The van der Waals surface area contributed by atoms with Crippen molar-refractivity contribution in [2.75, 3.05) is 13.2 Å². The van der Waals surface area contributed by atoms with Crippen LogP contribution in [0.15, 0.2) is 22.7 Å². The summed E-state index contributed by atoms with van der Waals surface area (Å²) in [5.74, 6) is 1.01. The Balaban J connectivity index is 2.36. The van der Waals surface area contributed by atoms with Crippen LogP contribution in [-0.2, 0) is 0 Å². The van der Waals surface area contributed by atoms with Gasteiger partial charge >= 0.3 is 0 Å². The highest BCUT2D eigenvalue weighted by molar-refractivity contribution is 9.10. The van der Waals surface area contributed by atoms with Crippen LogP contribution in [0.5, 0.6) is 5.75 Å². The Bertz CT molecular complexity index is 340. The summed E-state index contributed by atoms with van der Waals surface area (Å²) in [5.41, 5.74) is 1.28. The molecule has 0 fully saturated rings. The van der Waals surface area contributed by atoms with Crippen LogP contribution in [-0.4, -0.2) is 13.2 Å². The van der Waals surface area contributed by atoms with Crippen molar-refractivity contribution in [3.8, 4) is 5.75 Å². The summed E-state index contributed by atoms with van der Waals surface area (Å²) in [7, 11) is 0. The Morgan fingerprint density at radius 2 is 2.40 bits per heavy atom. The molecule has 0 saturated heterocycles. The highest BCUT2D eigenvalue weighted by Crippen LogP contribution is 2.36. The predicted octanol–water partition coefficient (Wildman–Crippen LogP) is 3.27. The minimum absolute atomic E-state index is 0.435. The average molecular weight is 270 g/mol. The summed E-state index contributed by atoms with van der Waals surface area (Å²) in [5, 5.41) is 3.51. The number of hydrogen-bond acceptors (Lipinski definition) is 2. The first-order valence-corrected chi connectivity index (χ1v) is 6.27. The van der Waals surface area contributed by atoms with E-state index >= 15 is 0 Å². The fourth-order valence-electron chi connectivity index (χ4n) is 2.03. The van der Waals surface area contributed by atoms with Gasteiger partial charge < -0.3 is 10.1 Å². The fraction of sp³-hybridized carbons (Fsp3) is 0.500. The van der Waals surface area contributed by atoms with Crippen LogP contribution >= 0.6 is 15.9 Å². The van der Waals surface area contributed by atoms with Gasteiger partial charge in [0.2, 0.25) is 0 Å². The van der Waals surface area contributed by atoms with Gasteiger partial charge in [0.15, 0.2) is 0 Å². The monoisotopic (exact) mass is 269 g/mol. The Kier molecular flexibility index (Phi) is 3.65. The van der Waals surface area contributed by atoms with Gasteiger partial charge in [0.05, 0.1) is 11.1 Å². The molecular weight excluding hydrogens is 254 g/mol. The molecule has 2 rings (SSSR count). The normalized spacial score (nSPS) is 20.3. The number of benzene rings is 1. The molecule has 1 heterocycles. The van der Waals surface area contributed by atoms with Gasteiger partial charge in [-0.3, -0.25) is 0 Å². The molecule has 1 aliphatic heterocycles. The molecule has 0 spiro atoms. The third-order valence-electron chi connectivity index (χ3n) is 2.71. The number of rotatable bonds is 2. The van der Waals surface area contributed by atoms with E-state index in [2.05, 4.69) is 40.3 Å². The van der Waals surface area contributed by atoms with Crippen LogP contribution in [0.1, 0.15) is 31.4 Å². The number of para-hydroxylation sites is 1. The van der Waals surface area contributed by atoms with Crippen molar-refractivity contribution in [2.45, 2.75) is 25.8 Å². The van der Waals surface area contributed by atoms with Crippen molar-refractivity contribution >= 4 is 15.9 Å². The summed E-state index contributed by atoms with van der Waals surface area (Å²) >= 11 is 3.54. The molecule has 0 aromatic heterocycles. The van der Waals surface area contributed by atoms with Crippen LogP contribution in [0.2, 0.25) is 0 Å². The lowest BCUT2D eigenvalue weighted by Gasteiger charge is -2.17. The average Bonchev–Trinajstić information content (AvgIpc) is 2.43. The lowest BCUT2D eigenvalue weighted by Crippen LogP contribution is -2.20. The van der Waals surface area contributed by atoms with Crippen molar-refractivity contribution in [1.82, 2.24) is 5.32 Å². The zero-order valence-electron chi connectivity index (χ0n) is 8.92. The van der Waals surface area contributed by atoms with Crippen LogP contribution in [0.4, 0.5) is 0 Å². The number of nitrogens with one attached hydrogen (secondary N) is 1. The molecule has 2 nitrogen and oxygen atoms in total. The first kappa shape index (κ1) is 11.0. The smallest absolute Gasteiger partial charge is 0.138 e. The van der Waals surface area contributed by atoms with E-state index in [9.17, 15) is 0 Å². The summed E-state index contributed by atoms with van der Waals surface area (Å²) in [6, 6.07) is 6.69. The van der Waals surface area contributed by atoms with Gasteiger partial charge in [-0.25, -0.2) is 0 Å². The van der Waals surface area contributed by atoms with Crippen molar-refractivity contribution in [3.63, 3.8) is 0 Å². The summed E-state index contributed by atoms with van der Waals surface area (Å²) in [4.78, 5) is 0. The van der Waals surface area contributed by atoms with E-state index < -0.39 is 0 Å². The van der Waals surface area contributed by atoms with Gasteiger partial charge in [-0.15, -0.1) is 0 Å². The first-order chi connectivity index (χ1) is 7.33. The Morgan fingerprint density at radius 3 is 3.20 bits per heavy atom. The van der Waals surface area contributed by atoms with Gasteiger partial charge in [-0.1, -0.05) is 19.1 Å². The van der Waals surface area contributed by atoms with Gasteiger partial charge in [-0.2, -0.15) is 0 Å². The Hall–Kier alpha value is -0.540. The second-order valence-corrected chi connectivity index (χ2v) is 4.61. The van der Waals surface area contributed by atoms with Crippen molar-refractivity contribution in [3.05, 3.63) is 28.2 Å². The third kappa shape index (κ3) is 2.34. The van der Waals surface area contributed by atoms with E-state index in [4.69, 9.17) is 4.74 Å². The van der Waals surface area contributed by atoms with E-state index in [1.54, 1.807) is 0 Å². The molecule has 0 saturated carbocycles. The quantitative estimate of drug-likeness (QED) is 0.890. The number of ether oxygens (including phenoxy) is 1. The van der Waals surface area contributed by atoms with Crippen molar-refractivity contribution in [1.29, 1.82) is 0 Å². The molecule has 0 bridgehead atoms. The lowest BCUT2D eigenvalue weighted by atomic mass is 10.0. The zero-order valence-corrected chi connectivity index (χ0v) is 10.5. The molecule has 1 N–H and O–H groups in total. The minimum atomic E-state index is 0.435.